The van der Waals surface area contributed by atoms with Crippen LogP contribution in [0, 0.1) is 12.7 Å². The van der Waals surface area contributed by atoms with Crippen LogP contribution in [0.4, 0.5) is 4.39 Å². The molecule has 1 saturated heterocycles. The van der Waals surface area contributed by atoms with Crippen molar-refractivity contribution in [3.05, 3.63) is 29.6 Å². The summed E-state index contributed by atoms with van der Waals surface area (Å²) in [6.45, 7) is 5.77. The third kappa shape index (κ3) is 4.92. The molecule has 1 heterocycles. The highest BCUT2D eigenvalue weighted by Crippen LogP contribution is 2.18. The van der Waals surface area contributed by atoms with Crippen molar-refractivity contribution < 1.29 is 23.8 Å². The third-order valence-electron chi connectivity index (χ3n) is 4.20. The summed E-state index contributed by atoms with van der Waals surface area (Å²) in [5.74, 6) is -1.42. The van der Waals surface area contributed by atoms with E-state index >= 15 is 0 Å². The van der Waals surface area contributed by atoms with Gasteiger partial charge in [0.15, 0.2) is 18.2 Å². The fourth-order valence-electron chi connectivity index (χ4n) is 2.75. The number of carboxylic acid groups (broad SMARTS) is 1. The minimum Gasteiger partial charge on any atom is -0.481 e. The van der Waals surface area contributed by atoms with Crippen molar-refractivity contribution in [1.29, 1.82) is 0 Å². The number of ether oxygens (including phenoxy) is 1. The zero-order valence-corrected chi connectivity index (χ0v) is 14.0. The van der Waals surface area contributed by atoms with Crippen molar-refractivity contribution in [2.75, 3.05) is 32.8 Å². The van der Waals surface area contributed by atoms with Crippen LogP contribution in [0.25, 0.3) is 0 Å². The lowest BCUT2D eigenvalue weighted by Crippen LogP contribution is -2.52. The molecule has 0 saturated carbocycles. The van der Waals surface area contributed by atoms with Crippen molar-refractivity contribution in [3.8, 4) is 5.75 Å². The highest BCUT2D eigenvalue weighted by atomic mass is 19.1. The van der Waals surface area contributed by atoms with Gasteiger partial charge in [-0.3, -0.25) is 14.5 Å². The summed E-state index contributed by atoms with van der Waals surface area (Å²) in [4.78, 5) is 26.7. The van der Waals surface area contributed by atoms with E-state index in [1.807, 2.05) is 13.8 Å². The van der Waals surface area contributed by atoms with Gasteiger partial charge in [-0.15, -0.1) is 0 Å². The van der Waals surface area contributed by atoms with E-state index in [1.165, 1.54) is 6.07 Å². The van der Waals surface area contributed by atoms with E-state index in [0.717, 1.165) is 5.56 Å². The predicted molar refractivity (Wildman–Crippen MR) is 86.5 cm³/mol. The Morgan fingerprint density at radius 3 is 2.58 bits per heavy atom. The van der Waals surface area contributed by atoms with E-state index in [1.54, 1.807) is 17.0 Å². The Morgan fingerprint density at radius 2 is 1.96 bits per heavy atom. The Kier molecular flexibility index (Phi) is 6.14. The van der Waals surface area contributed by atoms with Gasteiger partial charge in [0.25, 0.3) is 5.91 Å². The topological polar surface area (TPSA) is 70.1 Å². The zero-order valence-electron chi connectivity index (χ0n) is 14.0. The van der Waals surface area contributed by atoms with E-state index in [-0.39, 0.29) is 30.7 Å². The molecule has 6 nitrogen and oxygen atoms in total. The number of carbonyl (C=O) groups is 2. The van der Waals surface area contributed by atoms with Gasteiger partial charge in [0, 0.05) is 32.2 Å². The molecule has 1 aromatic carbocycles. The Bertz CT molecular complexity index is 600. The molecule has 24 heavy (non-hydrogen) atoms. The summed E-state index contributed by atoms with van der Waals surface area (Å²) in [5.41, 5.74) is 0.861. The van der Waals surface area contributed by atoms with Crippen LogP contribution in [-0.4, -0.2) is 65.6 Å². The average Bonchev–Trinajstić information content (AvgIpc) is 2.55. The normalized spacial score (nSPS) is 16.7. The summed E-state index contributed by atoms with van der Waals surface area (Å²) in [5, 5.41) is 8.84. The third-order valence-corrected chi connectivity index (χ3v) is 4.20. The molecule has 1 amide bonds. The van der Waals surface area contributed by atoms with E-state index in [4.69, 9.17) is 9.84 Å². The maximum Gasteiger partial charge on any atom is 0.304 e. The SMILES string of the molecule is Cc1ccc(F)c(OCC(=O)N2CCN(C(C)CC(=O)O)CC2)c1. The standard InChI is InChI=1S/C17H23FN2O4/c1-12-3-4-14(18)15(9-12)24-11-16(21)20-7-5-19(6-8-20)13(2)10-17(22)23/h3-4,9,13H,5-8,10-11H2,1-2H3,(H,22,23). The lowest BCUT2D eigenvalue weighted by Gasteiger charge is -2.37. The molecule has 1 N–H and O–H groups in total. The molecule has 7 heteroatoms. The smallest absolute Gasteiger partial charge is 0.304 e. The van der Waals surface area contributed by atoms with Crippen molar-refractivity contribution in [3.63, 3.8) is 0 Å². The Hall–Kier alpha value is -2.15. The molecule has 0 bridgehead atoms. The largest absolute Gasteiger partial charge is 0.481 e. The van der Waals surface area contributed by atoms with Gasteiger partial charge in [-0.25, -0.2) is 4.39 Å². The van der Waals surface area contributed by atoms with Crippen molar-refractivity contribution in [2.45, 2.75) is 26.3 Å². The first-order valence-electron chi connectivity index (χ1n) is 7.99. The molecule has 0 aliphatic carbocycles. The molecule has 0 spiro atoms. The van der Waals surface area contributed by atoms with Crippen LogP contribution in [-0.2, 0) is 9.59 Å². The molecule has 1 aromatic rings. The van der Waals surface area contributed by atoms with E-state index in [9.17, 15) is 14.0 Å². The lowest BCUT2D eigenvalue weighted by molar-refractivity contribution is -0.140. The van der Waals surface area contributed by atoms with Crippen molar-refractivity contribution in [1.82, 2.24) is 9.80 Å². The second-order valence-electron chi connectivity index (χ2n) is 6.09. The van der Waals surface area contributed by atoms with Gasteiger partial charge in [0.1, 0.15) is 0 Å². The van der Waals surface area contributed by atoms with Crippen LogP contribution >= 0.6 is 0 Å². The van der Waals surface area contributed by atoms with E-state index in [2.05, 4.69) is 4.90 Å². The monoisotopic (exact) mass is 338 g/mol. The van der Waals surface area contributed by atoms with Crippen LogP contribution in [0.15, 0.2) is 18.2 Å². The average molecular weight is 338 g/mol. The van der Waals surface area contributed by atoms with E-state index in [0.29, 0.717) is 26.2 Å². The van der Waals surface area contributed by atoms with Gasteiger partial charge in [0.2, 0.25) is 0 Å². The second kappa shape index (κ2) is 8.10. The summed E-state index contributed by atoms with van der Waals surface area (Å²) in [7, 11) is 0. The van der Waals surface area contributed by atoms with Crippen LogP contribution in [0.5, 0.6) is 5.75 Å². The summed E-state index contributed by atoms with van der Waals surface area (Å²) in [6, 6.07) is 4.46. The number of benzene rings is 1. The molecule has 0 radical (unpaired) electrons. The van der Waals surface area contributed by atoms with Crippen molar-refractivity contribution >= 4 is 11.9 Å². The number of halogens is 1. The van der Waals surface area contributed by atoms with Gasteiger partial charge in [0.05, 0.1) is 6.42 Å². The highest BCUT2D eigenvalue weighted by molar-refractivity contribution is 5.78. The van der Waals surface area contributed by atoms with Gasteiger partial charge >= 0.3 is 5.97 Å². The summed E-state index contributed by atoms with van der Waals surface area (Å²) in [6.07, 6.45) is 0.0870. The number of rotatable bonds is 6. The molecule has 132 valence electrons. The number of aliphatic carboxylic acids is 1. The van der Waals surface area contributed by atoms with Crippen LogP contribution in [0.2, 0.25) is 0 Å². The maximum absolute atomic E-state index is 13.6. The first-order chi connectivity index (χ1) is 11.4. The van der Waals surface area contributed by atoms with E-state index < -0.39 is 11.8 Å². The Morgan fingerprint density at radius 1 is 1.29 bits per heavy atom. The predicted octanol–water partition coefficient (Wildman–Crippen LogP) is 1.52. The molecule has 1 aliphatic rings. The summed E-state index contributed by atoms with van der Waals surface area (Å²) >= 11 is 0. The van der Waals surface area contributed by atoms with Gasteiger partial charge in [-0.1, -0.05) is 6.07 Å². The summed E-state index contributed by atoms with van der Waals surface area (Å²) < 4.78 is 18.9. The molecule has 1 aliphatic heterocycles. The molecular formula is C17H23FN2O4. The molecule has 1 fully saturated rings. The number of nitrogens with zero attached hydrogens (tertiary/aromatic N) is 2. The fraction of sp³-hybridized carbons (Fsp3) is 0.529. The molecule has 0 aromatic heterocycles. The fourth-order valence-corrected chi connectivity index (χ4v) is 2.75. The van der Waals surface area contributed by atoms with Gasteiger partial charge < -0.3 is 14.7 Å². The van der Waals surface area contributed by atoms with Gasteiger partial charge in [-0.2, -0.15) is 0 Å². The Balaban J connectivity index is 1.80. The minimum absolute atomic E-state index is 0.0580. The molecule has 1 atom stereocenters. The second-order valence-corrected chi connectivity index (χ2v) is 6.09. The first-order valence-corrected chi connectivity index (χ1v) is 7.99. The van der Waals surface area contributed by atoms with Crippen LogP contribution < -0.4 is 4.74 Å². The number of amides is 1. The lowest BCUT2D eigenvalue weighted by atomic mass is 10.1. The Labute approximate surface area is 140 Å². The molecule has 1 unspecified atom stereocenters. The minimum atomic E-state index is -0.824. The van der Waals surface area contributed by atoms with Crippen LogP contribution in [0.3, 0.4) is 0 Å². The van der Waals surface area contributed by atoms with Crippen molar-refractivity contribution in [2.24, 2.45) is 0 Å². The van der Waals surface area contributed by atoms with Gasteiger partial charge in [-0.05, 0) is 31.5 Å². The zero-order chi connectivity index (χ0) is 17.7. The number of hydrogen-bond donors (Lipinski definition) is 1. The molecular weight excluding hydrogens is 315 g/mol. The first kappa shape index (κ1) is 18.2. The number of aryl methyl sites for hydroxylation is 1. The maximum atomic E-state index is 13.6. The number of hydrogen-bond acceptors (Lipinski definition) is 4. The quantitative estimate of drug-likeness (QED) is 0.852. The highest BCUT2D eigenvalue weighted by Gasteiger charge is 2.25. The number of carbonyl (C=O) groups excluding carboxylic acids is 1. The van der Waals surface area contributed by atoms with Crippen LogP contribution in [0.1, 0.15) is 18.9 Å². The number of piperazine rings is 1. The molecule has 2 rings (SSSR count). The number of carboxylic acids is 1.